The second-order valence-electron chi connectivity index (χ2n) is 3.81. The minimum absolute atomic E-state index is 0.295. The SMILES string of the molecule is COc1ncccc1-c1noc(N)c1-c1cccs1. The Morgan fingerprint density at radius 2 is 2.21 bits per heavy atom. The lowest BCUT2D eigenvalue weighted by Crippen LogP contribution is -1.92. The standard InChI is InChI=1S/C13H11N3O2S/c1-17-13-8(4-2-6-15-13)11-10(12(14)18-16-11)9-5-3-7-19-9/h2-7H,14H2,1H3. The second kappa shape index (κ2) is 4.74. The Balaban J connectivity index is 2.22. The Morgan fingerprint density at radius 3 is 2.95 bits per heavy atom. The van der Waals surface area contributed by atoms with E-state index in [1.807, 2.05) is 29.6 Å². The van der Waals surface area contributed by atoms with Crippen LogP contribution in [0.1, 0.15) is 0 Å². The van der Waals surface area contributed by atoms with Crippen molar-refractivity contribution >= 4 is 17.2 Å². The summed E-state index contributed by atoms with van der Waals surface area (Å²) >= 11 is 1.58. The number of nitrogen functional groups attached to an aromatic ring is 1. The number of pyridine rings is 1. The summed E-state index contributed by atoms with van der Waals surface area (Å²) in [6.45, 7) is 0. The van der Waals surface area contributed by atoms with Gasteiger partial charge in [0.2, 0.25) is 11.8 Å². The van der Waals surface area contributed by atoms with Crippen molar-refractivity contribution in [3.8, 4) is 27.6 Å². The Hall–Kier alpha value is -2.34. The summed E-state index contributed by atoms with van der Waals surface area (Å²) in [5.74, 6) is 0.789. The van der Waals surface area contributed by atoms with E-state index in [-0.39, 0.29) is 0 Å². The smallest absolute Gasteiger partial charge is 0.231 e. The Kier molecular flexibility index (Phi) is 2.92. The average molecular weight is 273 g/mol. The molecule has 0 fully saturated rings. The van der Waals surface area contributed by atoms with Gasteiger partial charge in [-0.25, -0.2) is 4.98 Å². The topological polar surface area (TPSA) is 74.2 Å². The van der Waals surface area contributed by atoms with E-state index in [9.17, 15) is 0 Å². The maximum Gasteiger partial charge on any atom is 0.231 e. The summed E-state index contributed by atoms with van der Waals surface area (Å²) in [6.07, 6.45) is 1.66. The third kappa shape index (κ3) is 1.96. The lowest BCUT2D eigenvalue weighted by molar-refractivity contribution is 0.398. The first kappa shape index (κ1) is 11.7. The van der Waals surface area contributed by atoms with E-state index < -0.39 is 0 Å². The molecular weight excluding hydrogens is 262 g/mol. The molecule has 0 radical (unpaired) electrons. The van der Waals surface area contributed by atoms with Crippen molar-refractivity contribution in [3.63, 3.8) is 0 Å². The third-order valence-corrected chi connectivity index (χ3v) is 3.59. The molecule has 96 valence electrons. The minimum Gasteiger partial charge on any atom is -0.481 e. The fraction of sp³-hybridized carbons (Fsp3) is 0.0769. The number of nitrogens with two attached hydrogens (primary N) is 1. The Bertz CT molecular complexity index is 692. The summed E-state index contributed by atoms with van der Waals surface area (Å²) in [5.41, 5.74) is 8.06. The Labute approximate surface area is 113 Å². The van der Waals surface area contributed by atoms with Crippen molar-refractivity contribution in [3.05, 3.63) is 35.8 Å². The van der Waals surface area contributed by atoms with Gasteiger partial charge in [-0.3, -0.25) is 0 Å². The van der Waals surface area contributed by atoms with Gasteiger partial charge in [-0.05, 0) is 23.6 Å². The van der Waals surface area contributed by atoms with Gasteiger partial charge in [-0.1, -0.05) is 11.2 Å². The highest BCUT2D eigenvalue weighted by atomic mass is 32.1. The molecule has 5 nitrogen and oxygen atoms in total. The molecule has 2 N–H and O–H groups in total. The van der Waals surface area contributed by atoms with Crippen LogP contribution in [0.25, 0.3) is 21.7 Å². The number of thiophene rings is 1. The number of methoxy groups -OCH3 is 1. The largest absolute Gasteiger partial charge is 0.481 e. The van der Waals surface area contributed by atoms with Gasteiger partial charge >= 0.3 is 0 Å². The van der Waals surface area contributed by atoms with Gasteiger partial charge in [0.15, 0.2) is 0 Å². The first-order valence-electron chi connectivity index (χ1n) is 5.59. The van der Waals surface area contributed by atoms with Crippen LogP contribution in [-0.2, 0) is 0 Å². The van der Waals surface area contributed by atoms with Crippen LogP contribution >= 0.6 is 11.3 Å². The number of nitrogens with zero attached hydrogens (tertiary/aromatic N) is 2. The molecule has 0 aliphatic rings. The van der Waals surface area contributed by atoms with Gasteiger partial charge in [0.05, 0.1) is 18.2 Å². The van der Waals surface area contributed by atoms with Crippen LogP contribution in [0.15, 0.2) is 40.4 Å². The van der Waals surface area contributed by atoms with Crippen LogP contribution in [0.3, 0.4) is 0 Å². The predicted octanol–water partition coefficient (Wildman–Crippen LogP) is 3.06. The molecule has 6 heteroatoms. The molecule has 0 aliphatic heterocycles. The predicted molar refractivity (Wildman–Crippen MR) is 74.0 cm³/mol. The second-order valence-corrected chi connectivity index (χ2v) is 4.76. The number of rotatable bonds is 3. The molecule has 0 unspecified atom stereocenters. The highest BCUT2D eigenvalue weighted by Crippen LogP contribution is 2.40. The number of anilines is 1. The van der Waals surface area contributed by atoms with Crippen LogP contribution in [0.4, 0.5) is 5.88 Å². The van der Waals surface area contributed by atoms with Crippen LogP contribution in [-0.4, -0.2) is 17.3 Å². The van der Waals surface area contributed by atoms with E-state index >= 15 is 0 Å². The molecule has 0 amide bonds. The van der Waals surface area contributed by atoms with E-state index in [1.54, 1.807) is 24.6 Å². The van der Waals surface area contributed by atoms with Gasteiger partial charge in [0.25, 0.3) is 0 Å². The van der Waals surface area contributed by atoms with Gasteiger partial charge in [0.1, 0.15) is 5.69 Å². The van der Waals surface area contributed by atoms with Crippen molar-refractivity contribution < 1.29 is 9.26 Å². The summed E-state index contributed by atoms with van der Waals surface area (Å²) in [7, 11) is 1.57. The van der Waals surface area contributed by atoms with E-state index in [2.05, 4.69) is 10.1 Å². The van der Waals surface area contributed by atoms with Crippen LogP contribution in [0.5, 0.6) is 5.88 Å². The number of aromatic nitrogens is 2. The zero-order chi connectivity index (χ0) is 13.2. The lowest BCUT2D eigenvalue weighted by atomic mass is 10.1. The van der Waals surface area contributed by atoms with Crippen molar-refractivity contribution in [1.29, 1.82) is 0 Å². The summed E-state index contributed by atoms with van der Waals surface area (Å²) < 4.78 is 10.4. The fourth-order valence-corrected chi connectivity index (χ4v) is 2.66. The molecule has 0 saturated heterocycles. The monoisotopic (exact) mass is 273 g/mol. The third-order valence-electron chi connectivity index (χ3n) is 2.71. The quantitative estimate of drug-likeness (QED) is 0.793. The average Bonchev–Trinajstić information content (AvgIpc) is 3.07. The van der Waals surface area contributed by atoms with Crippen LogP contribution < -0.4 is 10.5 Å². The van der Waals surface area contributed by atoms with E-state index in [4.69, 9.17) is 15.0 Å². The van der Waals surface area contributed by atoms with Crippen LogP contribution in [0.2, 0.25) is 0 Å². The molecule has 0 aromatic carbocycles. The zero-order valence-electron chi connectivity index (χ0n) is 10.2. The molecule has 0 aliphatic carbocycles. The number of hydrogen-bond acceptors (Lipinski definition) is 6. The first-order valence-corrected chi connectivity index (χ1v) is 6.47. The van der Waals surface area contributed by atoms with Crippen LogP contribution in [0, 0.1) is 0 Å². The first-order chi connectivity index (χ1) is 9.31. The van der Waals surface area contributed by atoms with E-state index in [0.717, 1.165) is 16.0 Å². The van der Waals surface area contributed by atoms with Crippen molar-refractivity contribution in [2.45, 2.75) is 0 Å². The molecule has 0 saturated carbocycles. The van der Waals surface area contributed by atoms with Gasteiger partial charge in [0, 0.05) is 11.1 Å². The molecule has 0 bridgehead atoms. The molecule has 3 rings (SSSR count). The van der Waals surface area contributed by atoms with Gasteiger partial charge in [-0.15, -0.1) is 11.3 Å². The van der Waals surface area contributed by atoms with E-state index in [0.29, 0.717) is 17.5 Å². The summed E-state index contributed by atoms with van der Waals surface area (Å²) in [5, 5.41) is 6.02. The zero-order valence-corrected chi connectivity index (χ0v) is 11.0. The molecule has 3 heterocycles. The molecule has 19 heavy (non-hydrogen) atoms. The lowest BCUT2D eigenvalue weighted by Gasteiger charge is -2.05. The van der Waals surface area contributed by atoms with Crippen molar-refractivity contribution in [2.75, 3.05) is 12.8 Å². The Morgan fingerprint density at radius 1 is 1.32 bits per heavy atom. The molecular formula is C13H11N3O2S. The maximum absolute atomic E-state index is 5.88. The van der Waals surface area contributed by atoms with Crippen molar-refractivity contribution in [1.82, 2.24) is 10.1 Å². The summed E-state index contributed by atoms with van der Waals surface area (Å²) in [4.78, 5) is 5.16. The normalized spacial score (nSPS) is 10.6. The number of hydrogen-bond donors (Lipinski definition) is 1. The number of ether oxygens (including phenoxy) is 1. The minimum atomic E-state index is 0.295. The maximum atomic E-state index is 5.88. The molecule has 3 aromatic heterocycles. The van der Waals surface area contributed by atoms with Gasteiger partial charge < -0.3 is 15.0 Å². The summed E-state index contributed by atoms with van der Waals surface area (Å²) in [6, 6.07) is 7.62. The molecule has 0 atom stereocenters. The molecule has 3 aromatic rings. The van der Waals surface area contributed by atoms with E-state index in [1.165, 1.54) is 0 Å². The highest BCUT2D eigenvalue weighted by Gasteiger charge is 2.21. The fourth-order valence-electron chi connectivity index (χ4n) is 1.88. The molecule has 0 spiro atoms. The highest BCUT2D eigenvalue weighted by molar-refractivity contribution is 7.13. The van der Waals surface area contributed by atoms with Gasteiger partial charge in [-0.2, -0.15) is 0 Å². The van der Waals surface area contributed by atoms with Crippen molar-refractivity contribution in [2.24, 2.45) is 0 Å².